The number of nitrogens with zero attached hydrogens (tertiary/aromatic N) is 3. The van der Waals surface area contributed by atoms with Gasteiger partial charge in [0, 0.05) is 10.2 Å². The number of aromatic amines is 1. The first-order valence-electron chi connectivity index (χ1n) is 9.56. The van der Waals surface area contributed by atoms with Crippen molar-refractivity contribution in [3.63, 3.8) is 0 Å². The molecule has 7 heteroatoms. The molecule has 1 fully saturated rings. The Labute approximate surface area is 188 Å². The number of aromatic nitrogens is 2. The number of thiocarbonyl (C=S) groups is 1. The minimum Gasteiger partial charge on any atom is -0.345 e. The van der Waals surface area contributed by atoms with Crippen molar-refractivity contribution in [2.75, 3.05) is 4.90 Å². The van der Waals surface area contributed by atoms with E-state index in [1.165, 1.54) is 0 Å². The van der Waals surface area contributed by atoms with E-state index in [-0.39, 0.29) is 6.04 Å². The molecule has 0 aliphatic carbocycles. The predicted octanol–water partition coefficient (Wildman–Crippen LogP) is 5.36. The fourth-order valence-electron chi connectivity index (χ4n) is 3.65. The number of hydrogen-bond acceptors (Lipinski definition) is 3. The standard InChI is InChI=1S/C23H18BrN5S/c24-17-8-6-16(7-9-17)21-22(25-13-15-4-2-1-3-5-15)28-23(30)29(21)18-10-11-19-20(12-18)27-14-26-19/h1-12,14,21H,13H2,(H,26,27)(H,25,28,30). The maximum absolute atomic E-state index is 5.73. The van der Waals surface area contributed by atoms with Crippen LogP contribution in [0.15, 0.2) is 88.6 Å². The highest BCUT2D eigenvalue weighted by Gasteiger charge is 2.36. The van der Waals surface area contributed by atoms with E-state index >= 15 is 0 Å². The van der Waals surface area contributed by atoms with Crippen LogP contribution in [0.25, 0.3) is 11.0 Å². The highest BCUT2D eigenvalue weighted by atomic mass is 79.9. The molecule has 2 N–H and O–H groups in total. The molecule has 4 aromatic rings. The number of nitrogens with one attached hydrogen (secondary N) is 2. The van der Waals surface area contributed by atoms with Gasteiger partial charge in [-0.25, -0.2) is 4.98 Å². The van der Waals surface area contributed by atoms with E-state index in [9.17, 15) is 0 Å². The Bertz CT molecular complexity index is 1230. The topological polar surface area (TPSA) is 56.3 Å². The zero-order valence-corrected chi connectivity index (χ0v) is 18.3. The van der Waals surface area contributed by atoms with Crippen LogP contribution in [0.3, 0.4) is 0 Å². The van der Waals surface area contributed by atoms with E-state index in [4.69, 9.17) is 17.2 Å². The van der Waals surface area contributed by atoms with Crippen LogP contribution in [-0.2, 0) is 6.54 Å². The second-order valence-electron chi connectivity index (χ2n) is 7.05. The largest absolute Gasteiger partial charge is 0.345 e. The Kier molecular flexibility index (Phi) is 5.06. The van der Waals surface area contributed by atoms with Gasteiger partial charge in [0.1, 0.15) is 11.9 Å². The van der Waals surface area contributed by atoms with Crippen LogP contribution in [0, 0.1) is 0 Å². The van der Waals surface area contributed by atoms with Gasteiger partial charge in [-0.2, -0.15) is 0 Å². The lowest BCUT2D eigenvalue weighted by Gasteiger charge is -2.25. The Hall–Kier alpha value is -3.03. The van der Waals surface area contributed by atoms with Crippen molar-refractivity contribution >= 4 is 55.8 Å². The lowest BCUT2D eigenvalue weighted by molar-refractivity contribution is 0.927. The lowest BCUT2D eigenvalue weighted by Crippen LogP contribution is -2.29. The summed E-state index contributed by atoms with van der Waals surface area (Å²) in [4.78, 5) is 14.5. The summed E-state index contributed by atoms with van der Waals surface area (Å²) in [5, 5.41) is 3.97. The summed E-state index contributed by atoms with van der Waals surface area (Å²) in [5.41, 5.74) is 5.14. The smallest absolute Gasteiger partial charge is 0.179 e. The molecule has 2 heterocycles. The SMILES string of the molecule is S=C1N/C(=N/Cc2ccccc2)C(c2ccc(Br)cc2)N1c1ccc2[nH]cnc2c1. The molecule has 1 unspecified atom stereocenters. The van der Waals surface area contributed by atoms with Crippen molar-refractivity contribution in [3.05, 3.63) is 94.7 Å². The fourth-order valence-corrected chi connectivity index (χ4v) is 4.23. The molecule has 1 aromatic heterocycles. The van der Waals surface area contributed by atoms with Gasteiger partial charge in [0.2, 0.25) is 0 Å². The zero-order valence-electron chi connectivity index (χ0n) is 15.9. The van der Waals surface area contributed by atoms with Crippen molar-refractivity contribution in [1.82, 2.24) is 15.3 Å². The quantitative estimate of drug-likeness (QED) is 0.390. The Morgan fingerprint density at radius 2 is 1.83 bits per heavy atom. The minimum atomic E-state index is -0.134. The Balaban J connectivity index is 1.57. The molecule has 0 spiro atoms. The highest BCUT2D eigenvalue weighted by molar-refractivity contribution is 9.10. The predicted molar refractivity (Wildman–Crippen MR) is 129 cm³/mol. The number of rotatable bonds is 4. The van der Waals surface area contributed by atoms with E-state index in [1.54, 1.807) is 6.33 Å². The van der Waals surface area contributed by atoms with Crippen LogP contribution in [0.5, 0.6) is 0 Å². The average Bonchev–Trinajstić information content (AvgIpc) is 3.37. The maximum atomic E-state index is 5.73. The highest BCUT2D eigenvalue weighted by Crippen LogP contribution is 2.34. The van der Waals surface area contributed by atoms with E-state index in [1.807, 2.05) is 42.5 Å². The van der Waals surface area contributed by atoms with E-state index in [2.05, 4.69) is 66.4 Å². The van der Waals surface area contributed by atoms with E-state index < -0.39 is 0 Å². The number of halogens is 1. The molecule has 5 rings (SSSR count). The van der Waals surface area contributed by atoms with Gasteiger partial charge in [0.05, 0.1) is 23.9 Å². The molecule has 148 valence electrons. The van der Waals surface area contributed by atoms with Gasteiger partial charge >= 0.3 is 0 Å². The first-order chi connectivity index (χ1) is 14.7. The Morgan fingerprint density at radius 1 is 1.03 bits per heavy atom. The van der Waals surface area contributed by atoms with Gasteiger partial charge < -0.3 is 15.2 Å². The lowest BCUT2D eigenvalue weighted by atomic mass is 10.0. The number of hydrogen-bond donors (Lipinski definition) is 2. The molecular formula is C23H18BrN5S. The minimum absolute atomic E-state index is 0.134. The van der Waals surface area contributed by atoms with Gasteiger partial charge in [0.15, 0.2) is 5.11 Å². The molecule has 0 bridgehead atoms. The molecule has 0 saturated carbocycles. The summed E-state index contributed by atoms with van der Waals surface area (Å²) in [5.74, 6) is 0.841. The van der Waals surface area contributed by atoms with Gasteiger partial charge in [-0.05, 0) is 53.7 Å². The van der Waals surface area contributed by atoms with Crippen LogP contribution >= 0.6 is 28.1 Å². The normalized spacial score (nSPS) is 17.6. The number of imidazole rings is 1. The summed E-state index contributed by atoms with van der Waals surface area (Å²) in [6.07, 6.45) is 1.70. The third-order valence-corrected chi connectivity index (χ3v) is 5.94. The second-order valence-corrected chi connectivity index (χ2v) is 8.35. The summed E-state index contributed by atoms with van der Waals surface area (Å²) in [6, 6.07) is 24.5. The van der Waals surface area contributed by atoms with Gasteiger partial charge in [-0.1, -0.05) is 58.4 Å². The molecule has 3 aromatic carbocycles. The summed E-state index contributed by atoms with van der Waals surface area (Å²) < 4.78 is 1.03. The number of amidine groups is 1. The number of fused-ring (bicyclic) bond motifs is 1. The monoisotopic (exact) mass is 475 g/mol. The molecule has 1 saturated heterocycles. The van der Waals surface area contributed by atoms with Gasteiger partial charge in [-0.3, -0.25) is 4.99 Å². The van der Waals surface area contributed by atoms with Crippen molar-refractivity contribution in [3.8, 4) is 0 Å². The van der Waals surface area contributed by atoms with Crippen molar-refractivity contribution < 1.29 is 0 Å². The third kappa shape index (κ3) is 3.62. The molecular weight excluding hydrogens is 458 g/mol. The van der Waals surface area contributed by atoms with Crippen LogP contribution < -0.4 is 10.2 Å². The average molecular weight is 476 g/mol. The van der Waals surface area contributed by atoms with Crippen molar-refractivity contribution in [2.24, 2.45) is 4.99 Å². The van der Waals surface area contributed by atoms with E-state index in [0.29, 0.717) is 11.7 Å². The van der Waals surface area contributed by atoms with Crippen LogP contribution in [0.4, 0.5) is 5.69 Å². The molecule has 30 heavy (non-hydrogen) atoms. The van der Waals surface area contributed by atoms with Crippen LogP contribution in [0.1, 0.15) is 17.2 Å². The summed E-state index contributed by atoms with van der Waals surface area (Å²) in [6.45, 7) is 0.588. The van der Waals surface area contributed by atoms with E-state index in [0.717, 1.165) is 38.2 Å². The number of H-pyrrole nitrogens is 1. The van der Waals surface area contributed by atoms with Crippen molar-refractivity contribution in [1.29, 1.82) is 0 Å². The number of anilines is 1. The molecule has 5 nitrogen and oxygen atoms in total. The zero-order chi connectivity index (χ0) is 20.5. The van der Waals surface area contributed by atoms with Crippen LogP contribution in [0.2, 0.25) is 0 Å². The third-order valence-electron chi connectivity index (χ3n) is 5.11. The van der Waals surface area contributed by atoms with Gasteiger partial charge in [0.25, 0.3) is 0 Å². The Morgan fingerprint density at radius 3 is 2.63 bits per heavy atom. The fraction of sp³-hybridized carbons (Fsp3) is 0.0870. The summed E-state index contributed by atoms with van der Waals surface area (Å²) in [7, 11) is 0. The molecule has 1 aliphatic heterocycles. The summed E-state index contributed by atoms with van der Waals surface area (Å²) >= 11 is 9.26. The number of benzene rings is 3. The van der Waals surface area contributed by atoms with Crippen molar-refractivity contribution in [2.45, 2.75) is 12.6 Å². The first-order valence-corrected chi connectivity index (χ1v) is 10.8. The molecule has 0 amide bonds. The first kappa shape index (κ1) is 19.0. The number of aliphatic imine (C=N–C) groups is 1. The second kappa shape index (κ2) is 8.01. The molecule has 1 atom stereocenters. The van der Waals surface area contributed by atoms with Gasteiger partial charge in [-0.15, -0.1) is 0 Å². The maximum Gasteiger partial charge on any atom is 0.179 e. The van der Waals surface area contributed by atoms with Crippen LogP contribution in [-0.4, -0.2) is 20.9 Å². The molecule has 1 aliphatic rings. The molecule has 0 radical (unpaired) electrons.